The number of hydrogen-bond donors (Lipinski definition) is 2. The Morgan fingerprint density at radius 3 is 2.83 bits per heavy atom. The molecule has 1 rings (SSSR count). The SMILES string of the molecule is CC(C)OC(=O)NS(=O)(=O)N1CCNCC1C#N. The van der Waals surface area contributed by atoms with Gasteiger partial charge in [-0.3, -0.25) is 0 Å². The lowest BCUT2D eigenvalue weighted by atomic mass is 10.3. The highest BCUT2D eigenvalue weighted by Gasteiger charge is 2.33. The minimum Gasteiger partial charge on any atom is -0.446 e. The van der Waals surface area contributed by atoms with Crippen molar-refractivity contribution in [2.75, 3.05) is 19.6 Å². The fourth-order valence-corrected chi connectivity index (χ4v) is 2.65. The van der Waals surface area contributed by atoms with E-state index in [-0.39, 0.29) is 13.1 Å². The number of carbonyl (C=O) groups excluding carboxylic acids is 1. The van der Waals surface area contributed by atoms with Crippen molar-refractivity contribution < 1.29 is 17.9 Å². The van der Waals surface area contributed by atoms with E-state index in [1.807, 2.05) is 6.07 Å². The van der Waals surface area contributed by atoms with Crippen LogP contribution in [0, 0.1) is 11.3 Å². The summed E-state index contributed by atoms with van der Waals surface area (Å²) in [5.74, 6) is 0. The van der Waals surface area contributed by atoms with Crippen molar-refractivity contribution in [2.24, 2.45) is 0 Å². The molecule has 102 valence electrons. The lowest BCUT2D eigenvalue weighted by Gasteiger charge is -2.30. The van der Waals surface area contributed by atoms with Crippen molar-refractivity contribution in [1.29, 1.82) is 5.26 Å². The first-order valence-corrected chi connectivity index (χ1v) is 6.91. The normalized spacial score (nSPS) is 21.3. The van der Waals surface area contributed by atoms with Crippen molar-refractivity contribution in [2.45, 2.75) is 26.0 Å². The Labute approximate surface area is 106 Å². The van der Waals surface area contributed by atoms with Crippen LogP contribution < -0.4 is 10.0 Å². The molecule has 0 aromatic heterocycles. The van der Waals surface area contributed by atoms with Gasteiger partial charge in [0.25, 0.3) is 0 Å². The molecule has 18 heavy (non-hydrogen) atoms. The minimum absolute atomic E-state index is 0.127. The first-order valence-electron chi connectivity index (χ1n) is 5.47. The van der Waals surface area contributed by atoms with Gasteiger partial charge in [0.1, 0.15) is 6.04 Å². The molecule has 1 aliphatic heterocycles. The van der Waals surface area contributed by atoms with Gasteiger partial charge in [0.05, 0.1) is 12.2 Å². The summed E-state index contributed by atoms with van der Waals surface area (Å²) in [5, 5.41) is 11.8. The Morgan fingerprint density at radius 2 is 2.28 bits per heavy atom. The largest absolute Gasteiger partial charge is 0.446 e. The van der Waals surface area contributed by atoms with Crippen molar-refractivity contribution in [3.05, 3.63) is 0 Å². The summed E-state index contributed by atoms with van der Waals surface area (Å²) < 4.78 is 31.2. The van der Waals surface area contributed by atoms with Gasteiger partial charge in [-0.05, 0) is 13.8 Å². The van der Waals surface area contributed by atoms with Gasteiger partial charge in [-0.15, -0.1) is 0 Å². The van der Waals surface area contributed by atoms with E-state index < -0.39 is 28.4 Å². The average Bonchev–Trinajstić information content (AvgIpc) is 2.27. The number of ether oxygens (including phenoxy) is 1. The molecule has 8 nitrogen and oxygen atoms in total. The Kier molecular flexibility index (Phi) is 4.89. The number of amides is 1. The van der Waals surface area contributed by atoms with Crippen LogP contribution in [0.2, 0.25) is 0 Å². The number of carbonyl (C=O) groups is 1. The molecule has 0 spiro atoms. The molecule has 2 N–H and O–H groups in total. The van der Waals surface area contributed by atoms with E-state index in [0.717, 1.165) is 4.31 Å². The van der Waals surface area contributed by atoms with Crippen molar-refractivity contribution in [1.82, 2.24) is 14.3 Å². The molecule has 1 saturated heterocycles. The molecular weight excluding hydrogens is 260 g/mol. The molecule has 1 aliphatic rings. The van der Waals surface area contributed by atoms with Crippen molar-refractivity contribution in [3.63, 3.8) is 0 Å². The maximum atomic E-state index is 11.9. The molecule has 0 aromatic carbocycles. The standard InChI is InChI=1S/C9H16N4O4S/c1-7(2)17-9(14)12-18(15,16)13-4-3-11-6-8(13)5-10/h7-8,11H,3-4,6H2,1-2H3,(H,12,14). The van der Waals surface area contributed by atoms with E-state index in [1.165, 1.54) is 0 Å². The number of nitriles is 1. The summed E-state index contributed by atoms with van der Waals surface area (Å²) in [7, 11) is -4.04. The van der Waals surface area contributed by atoms with Crippen LogP contribution in [0.25, 0.3) is 0 Å². The average molecular weight is 276 g/mol. The molecule has 0 bridgehead atoms. The van der Waals surface area contributed by atoms with Crippen molar-refractivity contribution in [3.8, 4) is 6.07 Å². The van der Waals surface area contributed by atoms with E-state index in [2.05, 4.69) is 5.32 Å². The number of rotatable bonds is 3. The maximum absolute atomic E-state index is 11.9. The quantitative estimate of drug-likeness (QED) is 0.695. The zero-order chi connectivity index (χ0) is 13.8. The highest BCUT2D eigenvalue weighted by Crippen LogP contribution is 2.08. The highest BCUT2D eigenvalue weighted by atomic mass is 32.2. The van der Waals surface area contributed by atoms with Crippen LogP contribution in [-0.4, -0.2) is 50.6 Å². The molecule has 0 aliphatic carbocycles. The van der Waals surface area contributed by atoms with Gasteiger partial charge in [-0.25, -0.2) is 9.52 Å². The summed E-state index contributed by atoms with van der Waals surface area (Å²) in [4.78, 5) is 11.3. The smallest absolute Gasteiger partial charge is 0.422 e. The van der Waals surface area contributed by atoms with Gasteiger partial charge in [-0.2, -0.15) is 18.0 Å². The van der Waals surface area contributed by atoms with E-state index in [1.54, 1.807) is 18.6 Å². The number of hydrogen-bond acceptors (Lipinski definition) is 6. The fraction of sp³-hybridized carbons (Fsp3) is 0.778. The third-order valence-corrected chi connectivity index (χ3v) is 3.69. The van der Waals surface area contributed by atoms with Gasteiger partial charge in [-0.1, -0.05) is 0 Å². The molecule has 0 saturated carbocycles. The summed E-state index contributed by atoms with van der Waals surface area (Å²) in [6.07, 6.45) is -1.46. The van der Waals surface area contributed by atoms with E-state index in [4.69, 9.17) is 10.00 Å². The van der Waals surface area contributed by atoms with Crippen LogP contribution in [0.15, 0.2) is 0 Å². The predicted molar refractivity (Wildman–Crippen MR) is 62.6 cm³/mol. The Balaban J connectivity index is 2.73. The molecular formula is C9H16N4O4S. The van der Waals surface area contributed by atoms with Crippen LogP contribution in [0.3, 0.4) is 0 Å². The van der Waals surface area contributed by atoms with Crippen LogP contribution in [0.1, 0.15) is 13.8 Å². The molecule has 1 amide bonds. The molecule has 1 heterocycles. The number of nitrogens with zero attached hydrogens (tertiary/aromatic N) is 2. The minimum atomic E-state index is -4.04. The van der Waals surface area contributed by atoms with Crippen molar-refractivity contribution >= 4 is 16.3 Å². The summed E-state index contributed by atoms with van der Waals surface area (Å²) in [6, 6.07) is 1.04. The second-order valence-electron chi connectivity index (χ2n) is 4.02. The number of nitrogens with one attached hydrogen (secondary N) is 2. The molecule has 9 heteroatoms. The van der Waals surface area contributed by atoms with E-state index in [0.29, 0.717) is 6.54 Å². The van der Waals surface area contributed by atoms with Crippen LogP contribution in [-0.2, 0) is 14.9 Å². The van der Waals surface area contributed by atoms with Gasteiger partial charge in [0.2, 0.25) is 0 Å². The lowest BCUT2D eigenvalue weighted by molar-refractivity contribution is 0.120. The van der Waals surface area contributed by atoms with Gasteiger partial charge < -0.3 is 10.1 Å². The molecule has 1 fully saturated rings. The fourth-order valence-electron chi connectivity index (χ4n) is 1.49. The lowest BCUT2D eigenvalue weighted by Crippen LogP contribution is -2.56. The third-order valence-electron chi connectivity index (χ3n) is 2.21. The number of piperazine rings is 1. The first-order chi connectivity index (χ1) is 8.36. The predicted octanol–water partition coefficient (Wildman–Crippen LogP) is -0.837. The van der Waals surface area contributed by atoms with Gasteiger partial charge in [0, 0.05) is 19.6 Å². The Morgan fingerprint density at radius 1 is 1.61 bits per heavy atom. The summed E-state index contributed by atoms with van der Waals surface area (Å²) in [6.45, 7) is 4.00. The molecule has 1 unspecified atom stereocenters. The topological polar surface area (TPSA) is 112 Å². The molecule has 0 radical (unpaired) electrons. The Bertz CT molecular complexity index is 442. The third kappa shape index (κ3) is 3.83. The highest BCUT2D eigenvalue weighted by molar-refractivity contribution is 7.87. The molecule has 1 atom stereocenters. The van der Waals surface area contributed by atoms with Crippen LogP contribution in [0.5, 0.6) is 0 Å². The zero-order valence-electron chi connectivity index (χ0n) is 10.2. The summed E-state index contributed by atoms with van der Waals surface area (Å²) >= 11 is 0. The van der Waals surface area contributed by atoms with E-state index >= 15 is 0 Å². The first kappa shape index (κ1) is 14.7. The Hall–Kier alpha value is -1.37. The maximum Gasteiger partial charge on any atom is 0.422 e. The van der Waals surface area contributed by atoms with Crippen LogP contribution in [0.4, 0.5) is 4.79 Å². The zero-order valence-corrected chi connectivity index (χ0v) is 11.0. The molecule has 0 aromatic rings. The monoisotopic (exact) mass is 276 g/mol. The van der Waals surface area contributed by atoms with Crippen LogP contribution >= 0.6 is 0 Å². The second kappa shape index (κ2) is 5.99. The summed E-state index contributed by atoms with van der Waals surface area (Å²) in [5.41, 5.74) is 0. The second-order valence-corrected chi connectivity index (χ2v) is 5.64. The van der Waals surface area contributed by atoms with Gasteiger partial charge >= 0.3 is 16.3 Å². The van der Waals surface area contributed by atoms with E-state index in [9.17, 15) is 13.2 Å². The van der Waals surface area contributed by atoms with Gasteiger partial charge in [0.15, 0.2) is 0 Å².